The van der Waals surface area contributed by atoms with Crippen LogP contribution in [0.4, 0.5) is 4.79 Å². The summed E-state index contributed by atoms with van der Waals surface area (Å²) in [4.78, 5) is 20.4. The first-order valence-corrected chi connectivity index (χ1v) is 8.14. The van der Waals surface area contributed by atoms with Crippen LogP contribution in [0.15, 0.2) is 42.5 Å². The van der Waals surface area contributed by atoms with Crippen LogP contribution in [0.2, 0.25) is 10.0 Å². The molecule has 0 radical (unpaired) electrons. The van der Waals surface area contributed by atoms with E-state index in [-0.39, 0.29) is 6.54 Å². The molecule has 1 heterocycles. The molecule has 124 valence electrons. The van der Waals surface area contributed by atoms with E-state index in [1.807, 2.05) is 30.3 Å². The fraction of sp³-hybridized carbons (Fsp3) is 0.176. The smallest absolute Gasteiger partial charge is 0.407 e. The van der Waals surface area contributed by atoms with Gasteiger partial charge in [-0.3, -0.25) is 0 Å². The van der Waals surface area contributed by atoms with Crippen molar-refractivity contribution in [2.75, 3.05) is 6.54 Å². The summed E-state index contributed by atoms with van der Waals surface area (Å²) in [6.45, 7) is 0.503. The molecule has 0 spiro atoms. The first-order chi connectivity index (χ1) is 11.5. The summed E-state index contributed by atoms with van der Waals surface area (Å²) in [5.41, 5.74) is 2.56. The number of aromatic nitrogens is 2. The van der Waals surface area contributed by atoms with Crippen LogP contribution in [-0.4, -0.2) is 32.6 Å². The van der Waals surface area contributed by atoms with Crippen LogP contribution in [0.3, 0.4) is 0 Å². The summed E-state index contributed by atoms with van der Waals surface area (Å²) < 4.78 is 0. The average Bonchev–Trinajstić information content (AvgIpc) is 2.95. The lowest BCUT2D eigenvalue weighted by Crippen LogP contribution is -2.31. The van der Waals surface area contributed by atoms with Crippen LogP contribution in [-0.2, 0) is 13.0 Å². The number of hydrogen-bond acceptors (Lipinski definition) is 2. The molecule has 0 fully saturated rings. The Labute approximate surface area is 148 Å². The molecule has 2 aromatic carbocycles. The van der Waals surface area contributed by atoms with E-state index in [9.17, 15) is 9.90 Å². The molecule has 0 atom stereocenters. The lowest BCUT2D eigenvalue weighted by molar-refractivity contribution is 0.142. The summed E-state index contributed by atoms with van der Waals surface area (Å²) >= 11 is 12.0. The normalized spacial score (nSPS) is 10.9. The number of para-hydroxylation sites is 2. The molecular formula is C17H15Cl2N3O2. The van der Waals surface area contributed by atoms with Gasteiger partial charge in [-0.1, -0.05) is 41.4 Å². The Kier molecular flexibility index (Phi) is 4.92. The number of halogens is 2. The lowest BCUT2D eigenvalue weighted by atomic mass is 10.1. The molecule has 3 aromatic rings. The van der Waals surface area contributed by atoms with Crippen LogP contribution in [0.1, 0.15) is 11.4 Å². The molecule has 3 rings (SSSR count). The second-order valence-electron chi connectivity index (χ2n) is 5.39. The van der Waals surface area contributed by atoms with Crippen LogP contribution in [0.25, 0.3) is 11.0 Å². The molecule has 0 aliphatic rings. The van der Waals surface area contributed by atoms with Crippen molar-refractivity contribution in [2.45, 2.75) is 13.0 Å². The van der Waals surface area contributed by atoms with E-state index in [4.69, 9.17) is 23.2 Å². The van der Waals surface area contributed by atoms with E-state index < -0.39 is 6.09 Å². The third kappa shape index (κ3) is 3.80. The third-order valence-corrected chi connectivity index (χ3v) is 4.30. The number of nitrogens with zero attached hydrogens (tertiary/aromatic N) is 2. The van der Waals surface area contributed by atoms with Gasteiger partial charge in [-0.2, -0.15) is 0 Å². The summed E-state index contributed by atoms with van der Waals surface area (Å²) in [7, 11) is 0. The van der Waals surface area contributed by atoms with Crippen LogP contribution in [0, 0.1) is 0 Å². The van der Waals surface area contributed by atoms with Gasteiger partial charge in [0.2, 0.25) is 0 Å². The van der Waals surface area contributed by atoms with Gasteiger partial charge in [0.15, 0.2) is 0 Å². The lowest BCUT2D eigenvalue weighted by Gasteiger charge is -2.18. The van der Waals surface area contributed by atoms with Gasteiger partial charge in [-0.25, -0.2) is 9.78 Å². The Morgan fingerprint density at radius 2 is 2.00 bits per heavy atom. The topological polar surface area (TPSA) is 69.2 Å². The Morgan fingerprint density at radius 1 is 1.21 bits per heavy atom. The number of nitrogens with one attached hydrogen (secondary N) is 1. The van der Waals surface area contributed by atoms with Gasteiger partial charge in [-0.15, -0.1) is 0 Å². The highest BCUT2D eigenvalue weighted by molar-refractivity contribution is 6.35. The van der Waals surface area contributed by atoms with Gasteiger partial charge in [0.1, 0.15) is 5.82 Å². The number of imidazole rings is 1. The minimum absolute atomic E-state index is 0.190. The Bertz CT molecular complexity index is 846. The highest BCUT2D eigenvalue weighted by Crippen LogP contribution is 2.22. The summed E-state index contributed by atoms with van der Waals surface area (Å²) in [6, 6.07) is 12.8. The van der Waals surface area contributed by atoms with Crippen molar-refractivity contribution < 1.29 is 9.90 Å². The van der Waals surface area contributed by atoms with E-state index in [0.29, 0.717) is 28.8 Å². The number of carbonyl (C=O) groups is 1. The summed E-state index contributed by atoms with van der Waals surface area (Å²) in [5.74, 6) is 0.612. The van der Waals surface area contributed by atoms with Crippen molar-refractivity contribution in [3.63, 3.8) is 0 Å². The Morgan fingerprint density at radius 3 is 2.71 bits per heavy atom. The van der Waals surface area contributed by atoms with Gasteiger partial charge in [0.05, 0.1) is 17.6 Å². The molecule has 0 saturated heterocycles. The standard InChI is InChI=1S/C17H15Cl2N3O2/c18-12-6-5-11(13(19)9-12)7-8-22(17(23)24)10-16-20-14-3-1-2-4-15(14)21-16/h1-6,9H,7-8,10H2,(H,20,21)(H,23,24). The highest BCUT2D eigenvalue weighted by Gasteiger charge is 2.15. The van der Waals surface area contributed by atoms with Crippen LogP contribution >= 0.6 is 23.2 Å². The largest absolute Gasteiger partial charge is 0.465 e. The molecule has 7 heteroatoms. The molecule has 1 amide bonds. The molecule has 1 aromatic heterocycles. The van der Waals surface area contributed by atoms with Crippen LogP contribution < -0.4 is 0 Å². The average molecular weight is 364 g/mol. The molecule has 24 heavy (non-hydrogen) atoms. The van der Waals surface area contributed by atoms with Gasteiger partial charge in [0, 0.05) is 16.6 Å². The predicted molar refractivity (Wildman–Crippen MR) is 94.7 cm³/mol. The highest BCUT2D eigenvalue weighted by atomic mass is 35.5. The van der Waals surface area contributed by atoms with Crippen molar-refractivity contribution >= 4 is 40.3 Å². The number of benzene rings is 2. The quantitative estimate of drug-likeness (QED) is 0.696. The van der Waals surface area contributed by atoms with E-state index in [1.54, 1.807) is 12.1 Å². The molecular weight excluding hydrogens is 349 g/mol. The number of H-pyrrole nitrogens is 1. The van der Waals surface area contributed by atoms with E-state index in [1.165, 1.54) is 4.90 Å². The van der Waals surface area contributed by atoms with E-state index >= 15 is 0 Å². The Balaban J connectivity index is 1.71. The van der Waals surface area contributed by atoms with Gasteiger partial charge in [-0.05, 0) is 36.2 Å². The Hall–Kier alpha value is -2.24. The second-order valence-corrected chi connectivity index (χ2v) is 6.23. The molecule has 0 aliphatic heterocycles. The van der Waals surface area contributed by atoms with Crippen molar-refractivity contribution in [2.24, 2.45) is 0 Å². The van der Waals surface area contributed by atoms with Gasteiger partial charge >= 0.3 is 6.09 Å². The van der Waals surface area contributed by atoms with Crippen molar-refractivity contribution in [1.29, 1.82) is 0 Å². The number of hydrogen-bond donors (Lipinski definition) is 2. The second kappa shape index (κ2) is 7.11. The molecule has 0 saturated carbocycles. The number of carboxylic acid groups (broad SMARTS) is 1. The molecule has 0 unspecified atom stereocenters. The zero-order valence-corrected chi connectivity index (χ0v) is 14.2. The van der Waals surface area contributed by atoms with Crippen molar-refractivity contribution in [3.05, 3.63) is 63.9 Å². The predicted octanol–water partition coefficient (Wildman–Crippen LogP) is 4.59. The third-order valence-electron chi connectivity index (χ3n) is 3.72. The van der Waals surface area contributed by atoms with E-state index in [0.717, 1.165) is 16.6 Å². The first-order valence-electron chi connectivity index (χ1n) is 7.38. The monoisotopic (exact) mass is 363 g/mol. The maximum atomic E-state index is 11.5. The molecule has 2 N–H and O–H groups in total. The number of rotatable bonds is 5. The molecule has 0 aliphatic carbocycles. The molecule has 0 bridgehead atoms. The van der Waals surface area contributed by atoms with Crippen molar-refractivity contribution in [1.82, 2.24) is 14.9 Å². The van der Waals surface area contributed by atoms with Gasteiger partial charge in [0.25, 0.3) is 0 Å². The minimum atomic E-state index is -0.999. The number of amides is 1. The molecule has 5 nitrogen and oxygen atoms in total. The van der Waals surface area contributed by atoms with Gasteiger partial charge < -0.3 is 15.0 Å². The fourth-order valence-electron chi connectivity index (χ4n) is 2.48. The summed E-state index contributed by atoms with van der Waals surface area (Å²) in [6.07, 6.45) is -0.497. The van der Waals surface area contributed by atoms with Crippen LogP contribution in [0.5, 0.6) is 0 Å². The zero-order valence-electron chi connectivity index (χ0n) is 12.7. The number of fused-ring (bicyclic) bond motifs is 1. The summed E-state index contributed by atoms with van der Waals surface area (Å²) in [5, 5.41) is 10.5. The first kappa shape index (κ1) is 16.6. The fourth-order valence-corrected chi connectivity index (χ4v) is 2.99. The van der Waals surface area contributed by atoms with Crippen molar-refractivity contribution in [3.8, 4) is 0 Å². The SMILES string of the molecule is O=C(O)N(CCc1ccc(Cl)cc1Cl)Cc1nc2ccccc2[nH]1. The maximum Gasteiger partial charge on any atom is 0.407 e. The zero-order chi connectivity index (χ0) is 17.1. The number of aromatic amines is 1. The minimum Gasteiger partial charge on any atom is -0.465 e. The maximum absolute atomic E-state index is 11.5. The van der Waals surface area contributed by atoms with E-state index in [2.05, 4.69) is 9.97 Å².